The molecule has 0 aliphatic carbocycles. The molecule has 0 fully saturated rings. The Balaban J connectivity index is 3.12. The third kappa shape index (κ3) is 2.24. The fraction of sp³-hybridized carbons (Fsp3) is 0.286. The van der Waals surface area contributed by atoms with Gasteiger partial charge >= 0.3 is 0 Å². The number of aromatic nitrogens is 1. The second kappa shape index (κ2) is 3.79. The van der Waals surface area contributed by atoms with E-state index in [4.69, 9.17) is 23.2 Å². The summed E-state index contributed by atoms with van der Waals surface area (Å²) in [7, 11) is 0. The third-order valence-corrected chi connectivity index (χ3v) is 1.82. The molecule has 1 heterocycles. The van der Waals surface area contributed by atoms with Crippen LogP contribution in [0, 0.1) is 0 Å². The summed E-state index contributed by atoms with van der Waals surface area (Å²) in [6, 6.07) is 2.92. The van der Waals surface area contributed by atoms with E-state index >= 15 is 0 Å². The molecule has 1 rings (SSSR count). The lowest BCUT2D eigenvalue weighted by atomic mass is 10.3. The predicted octanol–water partition coefficient (Wildman–Crippen LogP) is 1.85. The van der Waals surface area contributed by atoms with Crippen molar-refractivity contribution in [3.8, 4) is 0 Å². The van der Waals surface area contributed by atoms with E-state index in [0.29, 0.717) is 23.1 Å². The Morgan fingerprint density at radius 3 is 2.00 bits per heavy atom. The molecule has 0 radical (unpaired) electrons. The smallest absolute Gasteiger partial charge is 0.182 e. The number of aromatic amines is 1. The lowest BCUT2D eigenvalue weighted by molar-refractivity contribution is 1.07. The van der Waals surface area contributed by atoms with Crippen molar-refractivity contribution in [3.63, 3.8) is 0 Å². The van der Waals surface area contributed by atoms with Gasteiger partial charge in [-0.05, 0) is 0 Å². The standard InChI is InChI=1S/C7H7Cl2NO/c8-3-5-1-7(11)2-6(4-9)10-5/h1-2H,3-4H2,(H,10,11). The van der Waals surface area contributed by atoms with E-state index < -0.39 is 0 Å². The first-order valence-corrected chi connectivity index (χ1v) is 4.17. The summed E-state index contributed by atoms with van der Waals surface area (Å²) in [5.74, 6) is 0.611. The Kier molecular flexibility index (Phi) is 2.97. The fourth-order valence-corrected chi connectivity index (χ4v) is 1.10. The van der Waals surface area contributed by atoms with Gasteiger partial charge in [-0.2, -0.15) is 0 Å². The third-order valence-electron chi connectivity index (χ3n) is 1.24. The second-order valence-corrected chi connectivity index (χ2v) is 2.67. The Bertz CT molecular complexity index is 269. The number of halogens is 2. The Morgan fingerprint density at radius 2 is 1.64 bits per heavy atom. The molecule has 0 amide bonds. The number of pyridine rings is 1. The highest BCUT2D eigenvalue weighted by Crippen LogP contribution is 2.00. The zero-order chi connectivity index (χ0) is 8.27. The summed E-state index contributed by atoms with van der Waals surface area (Å²) in [6.07, 6.45) is 0. The summed E-state index contributed by atoms with van der Waals surface area (Å²) < 4.78 is 0. The molecule has 0 aromatic carbocycles. The van der Waals surface area contributed by atoms with E-state index in [0.717, 1.165) is 0 Å². The molecule has 0 spiro atoms. The van der Waals surface area contributed by atoms with E-state index in [1.54, 1.807) is 0 Å². The maximum atomic E-state index is 10.9. The molecule has 2 nitrogen and oxygen atoms in total. The van der Waals surface area contributed by atoms with Crippen molar-refractivity contribution >= 4 is 23.2 Å². The van der Waals surface area contributed by atoms with Crippen LogP contribution in [0.5, 0.6) is 0 Å². The first-order valence-electron chi connectivity index (χ1n) is 3.10. The van der Waals surface area contributed by atoms with Crippen LogP contribution in [0.15, 0.2) is 16.9 Å². The maximum absolute atomic E-state index is 10.9. The van der Waals surface area contributed by atoms with Crippen molar-refractivity contribution < 1.29 is 0 Å². The molecular weight excluding hydrogens is 185 g/mol. The van der Waals surface area contributed by atoms with E-state index in [1.807, 2.05) is 0 Å². The minimum absolute atomic E-state index is 0.0601. The fourth-order valence-electron chi connectivity index (χ4n) is 0.807. The quantitative estimate of drug-likeness (QED) is 0.712. The maximum Gasteiger partial charge on any atom is 0.182 e. The first kappa shape index (κ1) is 8.62. The number of rotatable bonds is 2. The second-order valence-electron chi connectivity index (χ2n) is 2.13. The molecular formula is C7H7Cl2NO. The van der Waals surface area contributed by atoms with Gasteiger partial charge in [-0.1, -0.05) is 0 Å². The molecule has 11 heavy (non-hydrogen) atoms. The molecule has 1 N–H and O–H groups in total. The molecule has 0 atom stereocenters. The topological polar surface area (TPSA) is 32.9 Å². The van der Waals surface area contributed by atoms with Crippen LogP contribution in [-0.2, 0) is 11.8 Å². The van der Waals surface area contributed by atoms with E-state index in [2.05, 4.69) is 4.98 Å². The number of alkyl halides is 2. The van der Waals surface area contributed by atoms with E-state index in [9.17, 15) is 4.79 Å². The van der Waals surface area contributed by atoms with Gasteiger partial charge in [-0.25, -0.2) is 0 Å². The van der Waals surface area contributed by atoms with Crippen LogP contribution in [0.3, 0.4) is 0 Å². The van der Waals surface area contributed by atoms with Crippen LogP contribution in [0.2, 0.25) is 0 Å². The SMILES string of the molecule is O=c1cc(CCl)[nH]c(CCl)c1. The molecule has 60 valence electrons. The molecule has 1 aromatic rings. The normalized spacial score (nSPS) is 10.0. The predicted molar refractivity (Wildman–Crippen MR) is 46.2 cm³/mol. The van der Waals surface area contributed by atoms with Crippen molar-refractivity contribution in [3.05, 3.63) is 33.7 Å². The lowest BCUT2D eigenvalue weighted by Crippen LogP contribution is -2.04. The van der Waals surface area contributed by atoms with Gasteiger partial charge in [-0.15, -0.1) is 23.2 Å². The number of H-pyrrole nitrogens is 1. The van der Waals surface area contributed by atoms with Crippen LogP contribution >= 0.6 is 23.2 Å². The summed E-state index contributed by atoms with van der Waals surface area (Å²) >= 11 is 11.0. The lowest BCUT2D eigenvalue weighted by Gasteiger charge is -1.98. The molecule has 0 saturated carbocycles. The van der Waals surface area contributed by atoms with Gasteiger partial charge < -0.3 is 4.98 Å². The Labute approximate surface area is 74.1 Å². The molecule has 0 aliphatic rings. The van der Waals surface area contributed by atoms with Gasteiger partial charge in [0.25, 0.3) is 0 Å². The van der Waals surface area contributed by atoms with Crippen molar-refractivity contribution in [2.75, 3.05) is 0 Å². The summed E-state index contributed by atoms with van der Waals surface area (Å²) in [6.45, 7) is 0. The Morgan fingerprint density at radius 1 is 1.18 bits per heavy atom. The van der Waals surface area contributed by atoms with Crippen molar-refractivity contribution in [1.82, 2.24) is 4.98 Å². The van der Waals surface area contributed by atoms with Crippen LogP contribution < -0.4 is 5.43 Å². The van der Waals surface area contributed by atoms with Gasteiger partial charge in [-0.3, -0.25) is 4.79 Å². The average molecular weight is 192 g/mol. The van der Waals surface area contributed by atoms with Gasteiger partial charge in [0.05, 0.1) is 11.8 Å². The van der Waals surface area contributed by atoms with Crippen LogP contribution in [0.4, 0.5) is 0 Å². The monoisotopic (exact) mass is 191 g/mol. The molecule has 0 aliphatic heterocycles. The molecule has 0 saturated heterocycles. The number of nitrogens with one attached hydrogen (secondary N) is 1. The zero-order valence-corrected chi connectivity index (χ0v) is 7.24. The number of hydrogen-bond donors (Lipinski definition) is 1. The zero-order valence-electron chi connectivity index (χ0n) is 5.73. The minimum Gasteiger partial charge on any atom is -0.360 e. The Hall–Kier alpha value is -0.470. The van der Waals surface area contributed by atoms with E-state index in [-0.39, 0.29) is 5.43 Å². The largest absolute Gasteiger partial charge is 0.360 e. The summed E-state index contributed by atoms with van der Waals surface area (Å²) in [5, 5.41) is 0. The highest BCUT2D eigenvalue weighted by atomic mass is 35.5. The van der Waals surface area contributed by atoms with Gasteiger partial charge in [0.2, 0.25) is 0 Å². The highest BCUT2D eigenvalue weighted by molar-refractivity contribution is 6.17. The minimum atomic E-state index is -0.0601. The van der Waals surface area contributed by atoms with E-state index in [1.165, 1.54) is 12.1 Å². The first-order chi connectivity index (χ1) is 5.26. The highest BCUT2D eigenvalue weighted by Gasteiger charge is 1.95. The summed E-state index contributed by atoms with van der Waals surface area (Å²) in [5.41, 5.74) is 1.35. The van der Waals surface area contributed by atoms with Gasteiger partial charge in [0, 0.05) is 23.5 Å². The molecule has 0 unspecified atom stereocenters. The van der Waals surface area contributed by atoms with Crippen molar-refractivity contribution in [2.45, 2.75) is 11.8 Å². The van der Waals surface area contributed by atoms with Crippen LogP contribution in [0.1, 0.15) is 11.4 Å². The molecule has 4 heteroatoms. The van der Waals surface area contributed by atoms with Crippen LogP contribution in [0.25, 0.3) is 0 Å². The summed E-state index contributed by atoms with van der Waals surface area (Å²) in [4.78, 5) is 13.8. The molecule has 0 bridgehead atoms. The molecule has 1 aromatic heterocycles. The van der Waals surface area contributed by atoms with Crippen molar-refractivity contribution in [2.24, 2.45) is 0 Å². The van der Waals surface area contributed by atoms with Crippen LogP contribution in [-0.4, -0.2) is 4.98 Å². The average Bonchev–Trinajstić information content (AvgIpc) is 2.03. The van der Waals surface area contributed by atoms with Gasteiger partial charge in [0.1, 0.15) is 0 Å². The number of hydrogen-bond acceptors (Lipinski definition) is 1. The van der Waals surface area contributed by atoms with Crippen molar-refractivity contribution in [1.29, 1.82) is 0 Å². The van der Waals surface area contributed by atoms with Gasteiger partial charge in [0.15, 0.2) is 5.43 Å².